The first-order valence-corrected chi connectivity index (χ1v) is 5.23. The monoisotopic (exact) mass is 242 g/mol. The highest BCUT2D eigenvalue weighted by Gasteiger charge is 1.98. The molecule has 3 N–H and O–H groups in total. The maximum atomic E-state index is 10.7. The lowest BCUT2D eigenvalue weighted by Gasteiger charge is -2.04. The van der Waals surface area contributed by atoms with Crippen LogP contribution < -0.4 is 5.32 Å². The molecule has 0 saturated heterocycles. The molecule has 16 heavy (non-hydrogen) atoms. The van der Waals surface area contributed by atoms with Crippen molar-refractivity contribution in [2.24, 2.45) is 0 Å². The fourth-order valence-corrected chi connectivity index (χ4v) is 0.926. The number of carbonyl (C=O) groups excluding carboxylic acids is 1. The van der Waals surface area contributed by atoms with Crippen LogP contribution in [0, 0.1) is 5.41 Å². The maximum Gasteiger partial charge on any atom is 0.221 e. The molecule has 0 unspecified atom stereocenters. The lowest BCUT2D eigenvalue weighted by molar-refractivity contribution is -0.114. The Kier molecular flexibility index (Phi) is 8.11. The van der Waals surface area contributed by atoms with E-state index in [9.17, 15) is 4.79 Å². The molecule has 0 saturated carbocycles. The van der Waals surface area contributed by atoms with Crippen LogP contribution in [0.2, 0.25) is 0 Å². The number of aliphatic hydroxyl groups excluding tert-OH is 1. The summed E-state index contributed by atoms with van der Waals surface area (Å²) in [7, 11) is 0. The largest absolute Gasteiger partial charge is 0.395 e. The smallest absolute Gasteiger partial charge is 0.221 e. The van der Waals surface area contributed by atoms with Gasteiger partial charge in [-0.1, -0.05) is 18.2 Å². The number of hydrogen-bond acceptors (Lipinski definition) is 3. The Morgan fingerprint density at radius 3 is 2.56 bits per heavy atom. The highest BCUT2D eigenvalue weighted by Crippen LogP contribution is 2.11. The molecule has 0 fully saturated rings. The van der Waals surface area contributed by atoms with Crippen molar-refractivity contribution in [1.29, 1.82) is 5.41 Å². The van der Waals surface area contributed by atoms with Gasteiger partial charge in [-0.15, -0.1) is 11.6 Å². The van der Waals surface area contributed by atoms with Gasteiger partial charge < -0.3 is 15.8 Å². The van der Waals surface area contributed by atoms with Crippen LogP contribution in [0.15, 0.2) is 24.3 Å². The Hall–Kier alpha value is -1.39. The van der Waals surface area contributed by atoms with Gasteiger partial charge in [-0.05, 0) is 6.07 Å². The molecule has 0 aliphatic heterocycles. The van der Waals surface area contributed by atoms with Gasteiger partial charge in [-0.2, -0.15) is 0 Å². The van der Waals surface area contributed by atoms with E-state index in [1.165, 1.54) is 13.1 Å². The van der Waals surface area contributed by atoms with E-state index >= 15 is 0 Å². The van der Waals surface area contributed by atoms with Gasteiger partial charge in [-0.3, -0.25) is 4.79 Å². The molecule has 1 aromatic carbocycles. The van der Waals surface area contributed by atoms with Crippen LogP contribution >= 0.6 is 11.6 Å². The molecule has 1 rings (SSSR count). The molecule has 1 aromatic rings. The van der Waals surface area contributed by atoms with Crippen molar-refractivity contribution in [2.45, 2.75) is 6.92 Å². The zero-order valence-corrected chi connectivity index (χ0v) is 9.79. The van der Waals surface area contributed by atoms with Crippen LogP contribution in [-0.4, -0.2) is 29.7 Å². The van der Waals surface area contributed by atoms with Crippen LogP contribution in [0.4, 0.5) is 5.69 Å². The third kappa shape index (κ3) is 6.16. The summed E-state index contributed by atoms with van der Waals surface area (Å²) in [5.41, 5.74) is 1.40. The van der Waals surface area contributed by atoms with Crippen molar-refractivity contribution in [3.8, 4) is 0 Å². The number of alkyl halides is 1. The van der Waals surface area contributed by atoms with E-state index in [4.69, 9.17) is 22.1 Å². The number of anilines is 1. The van der Waals surface area contributed by atoms with Crippen molar-refractivity contribution >= 4 is 29.4 Å². The summed E-state index contributed by atoms with van der Waals surface area (Å²) >= 11 is 4.94. The van der Waals surface area contributed by atoms with Gasteiger partial charge in [0, 0.05) is 30.3 Å². The van der Waals surface area contributed by atoms with Crippen LogP contribution in [0.25, 0.3) is 0 Å². The zero-order chi connectivity index (χ0) is 12.4. The molecule has 0 radical (unpaired) electrons. The summed E-state index contributed by atoms with van der Waals surface area (Å²) in [6.45, 7) is 1.53. The maximum absolute atomic E-state index is 10.7. The van der Waals surface area contributed by atoms with Crippen molar-refractivity contribution in [3.63, 3.8) is 0 Å². The molecule has 88 valence electrons. The number of carbonyl (C=O) groups is 1. The van der Waals surface area contributed by atoms with Gasteiger partial charge in [0.05, 0.1) is 6.61 Å². The second kappa shape index (κ2) is 8.88. The second-order valence-electron chi connectivity index (χ2n) is 2.83. The van der Waals surface area contributed by atoms with E-state index in [0.29, 0.717) is 17.1 Å². The van der Waals surface area contributed by atoms with Crippen molar-refractivity contribution < 1.29 is 9.90 Å². The molecule has 1 amide bonds. The first-order valence-electron chi connectivity index (χ1n) is 4.69. The quantitative estimate of drug-likeness (QED) is 0.559. The fourth-order valence-electron chi connectivity index (χ4n) is 0.926. The van der Waals surface area contributed by atoms with E-state index in [1.54, 1.807) is 12.1 Å². The minimum atomic E-state index is -0.121. The summed E-state index contributed by atoms with van der Waals surface area (Å²) in [5.74, 6) is 0.226. The molecule has 0 bridgehead atoms. The molecule has 0 heterocycles. The first kappa shape index (κ1) is 14.6. The Bertz CT molecular complexity index is 341. The van der Waals surface area contributed by atoms with Crippen molar-refractivity contribution in [1.82, 2.24) is 0 Å². The minimum Gasteiger partial charge on any atom is -0.395 e. The lowest BCUT2D eigenvalue weighted by atomic mass is 10.2. The van der Waals surface area contributed by atoms with Gasteiger partial charge >= 0.3 is 0 Å². The van der Waals surface area contributed by atoms with Gasteiger partial charge in [0.25, 0.3) is 0 Å². The SMILES string of the molecule is CC(=O)Nc1ccccc1C=N.OCCCl. The summed E-state index contributed by atoms with van der Waals surface area (Å²) in [6, 6.07) is 7.18. The molecular formula is C11H15ClN2O2. The Balaban J connectivity index is 0.000000487. The Labute approximate surface area is 99.8 Å². The average Bonchev–Trinajstić information content (AvgIpc) is 2.29. The number of halogens is 1. The Morgan fingerprint density at radius 1 is 1.56 bits per heavy atom. The lowest BCUT2D eigenvalue weighted by Crippen LogP contribution is -2.07. The molecule has 0 aromatic heterocycles. The minimum absolute atomic E-state index is 0.0849. The number of rotatable bonds is 3. The van der Waals surface area contributed by atoms with Crippen LogP contribution in [0.1, 0.15) is 12.5 Å². The number of benzene rings is 1. The summed E-state index contributed by atoms with van der Waals surface area (Å²) in [5, 5.41) is 17.4. The topological polar surface area (TPSA) is 73.2 Å². The summed E-state index contributed by atoms with van der Waals surface area (Å²) in [6.07, 6.45) is 1.21. The van der Waals surface area contributed by atoms with Gasteiger partial charge in [0.1, 0.15) is 0 Å². The number of para-hydroxylation sites is 1. The molecule has 5 heteroatoms. The van der Waals surface area contributed by atoms with Crippen molar-refractivity contribution in [3.05, 3.63) is 29.8 Å². The molecular weight excluding hydrogens is 228 g/mol. The van der Waals surface area contributed by atoms with E-state index in [-0.39, 0.29) is 12.5 Å². The predicted molar refractivity (Wildman–Crippen MR) is 66.4 cm³/mol. The number of amides is 1. The van der Waals surface area contributed by atoms with E-state index in [1.807, 2.05) is 12.1 Å². The number of hydrogen-bond donors (Lipinski definition) is 3. The summed E-state index contributed by atoms with van der Waals surface area (Å²) in [4.78, 5) is 10.7. The standard InChI is InChI=1S/C9H10N2O.C2H5ClO/c1-7(12)11-9-5-3-2-4-8(9)6-10;3-1-2-4/h2-6,10H,1H3,(H,11,12);4H,1-2H2. The Morgan fingerprint density at radius 2 is 2.12 bits per heavy atom. The van der Waals surface area contributed by atoms with Crippen LogP contribution in [-0.2, 0) is 4.79 Å². The highest BCUT2D eigenvalue weighted by atomic mass is 35.5. The molecule has 0 atom stereocenters. The zero-order valence-electron chi connectivity index (χ0n) is 9.03. The van der Waals surface area contributed by atoms with Crippen molar-refractivity contribution in [2.75, 3.05) is 17.8 Å². The number of nitrogens with one attached hydrogen (secondary N) is 2. The van der Waals surface area contributed by atoms with Crippen LogP contribution in [0.3, 0.4) is 0 Å². The van der Waals surface area contributed by atoms with Gasteiger partial charge in [0.15, 0.2) is 0 Å². The third-order valence-corrected chi connectivity index (χ3v) is 1.68. The first-order chi connectivity index (χ1) is 7.65. The molecule has 0 aliphatic rings. The molecule has 4 nitrogen and oxygen atoms in total. The number of aliphatic hydroxyl groups is 1. The van der Waals surface area contributed by atoms with E-state index in [2.05, 4.69) is 5.32 Å². The predicted octanol–water partition coefficient (Wildman–Crippen LogP) is 1.86. The van der Waals surface area contributed by atoms with Gasteiger partial charge in [-0.25, -0.2) is 0 Å². The van der Waals surface area contributed by atoms with Gasteiger partial charge in [0.2, 0.25) is 5.91 Å². The molecule has 0 aliphatic carbocycles. The highest BCUT2D eigenvalue weighted by molar-refractivity contribution is 6.17. The van der Waals surface area contributed by atoms with Crippen LogP contribution in [0.5, 0.6) is 0 Å². The normalized spacial score (nSPS) is 8.69. The van der Waals surface area contributed by atoms with E-state index in [0.717, 1.165) is 0 Å². The van der Waals surface area contributed by atoms with E-state index < -0.39 is 0 Å². The summed E-state index contributed by atoms with van der Waals surface area (Å²) < 4.78 is 0. The third-order valence-electron chi connectivity index (χ3n) is 1.51. The second-order valence-corrected chi connectivity index (χ2v) is 3.20. The average molecular weight is 243 g/mol. The fraction of sp³-hybridized carbons (Fsp3) is 0.273. The molecule has 0 spiro atoms.